The van der Waals surface area contributed by atoms with Crippen LogP contribution >= 0.6 is 24.0 Å². The van der Waals surface area contributed by atoms with Crippen LogP contribution < -0.4 is 5.73 Å². The van der Waals surface area contributed by atoms with Gasteiger partial charge in [0, 0.05) is 6.54 Å². The number of carbonyl (C=O) groups excluding carboxylic acids is 1. The van der Waals surface area contributed by atoms with E-state index in [0.29, 0.717) is 24.7 Å². The summed E-state index contributed by atoms with van der Waals surface area (Å²) in [4.78, 5) is 14.6. The Morgan fingerprint density at radius 2 is 2.41 bits per heavy atom. The van der Waals surface area contributed by atoms with E-state index in [0.717, 1.165) is 18.6 Å². The number of thiocarbonyl (C=S) groups is 1. The number of nitrogens with zero attached hydrogens (tertiary/aromatic N) is 1. The lowest BCUT2D eigenvalue weighted by atomic mass is 10.0. The van der Waals surface area contributed by atoms with Crippen molar-refractivity contribution in [2.75, 3.05) is 25.4 Å². The first-order valence-corrected chi connectivity index (χ1v) is 7.26. The van der Waals surface area contributed by atoms with Gasteiger partial charge in [0.15, 0.2) is 0 Å². The molecule has 1 amide bonds. The van der Waals surface area contributed by atoms with Crippen LogP contribution in [0.1, 0.15) is 19.8 Å². The molecule has 2 saturated heterocycles. The van der Waals surface area contributed by atoms with E-state index in [1.54, 1.807) is 11.8 Å². The summed E-state index contributed by atoms with van der Waals surface area (Å²) in [5.74, 6) is 1.29. The van der Waals surface area contributed by atoms with Crippen molar-refractivity contribution in [3.8, 4) is 0 Å². The van der Waals surface area contributed by atoms with E-state index < -0.39 is 0 Å². The molecule has 6 heteroatoms. The summed E-state index contributed by atoms with van der Waals surface area (Å²) in [6, 6.07) is 0. The molecular weight excluding hydrogens is 256 g/mol. The minimum atomic E-state index is -0.280. The van der Waals surface area contributed by atoms with Crippen LogP contribution in [0, 0.1) is 0 Å². The van der Waals surface area contributed by atoms with Crippen molar-refractivity contribution in [1.82, 2.24) is 4.90 Å². The summed E-state index contributed by atoms with van der Waals surface area (Å²) in [5, 5.41) is 0. The molecule has 0 bridgehead atoms. The van der Waals surface area contributed by atoms with Crippen molar-refractivity contribution in [3.63, 3.8) is 0 Å². The molecular formula is C11H18N2O2S2. The molecule has 0 spiro atoms. The van der Waals surface area contributed by atoms with Crippen LogP contribution in [0.25, 0.3) is 0 Å². The Balaban J connectivity index is 2.01. The number of ether oxygens (including phenoxy) is 1. The third-order valence-electron chi connectivity index (χ3n) is 3.34. The number of rotatable bonds is 2. The van der Waals surface area contributed by atoms with E-state index in [1.165, 1.54) is 0 Å². The molecule has 96 valence electrons. The Kier molecular flexibility index (Phi) is 3.95. The number of thioether (sulfide) groups is 1. The molecule has 2 aliphatic rings. The smallest absolute Gasteiger partial charge is 0.238 e. The maximum absolute atomic E-state index is 12.5. The Hall–Kier alpha value is -0.330. The van der Waals surface area contributed by atoms with Crippen molar-refractivity contribution in [1.29, 1.82) is 0 Å². The van der Waals surface area contributed by atoms with Gasteiger partial charge in [-0.05, 0) is 25.5 Å². The number of morpholine rings is 1. The molecule has 2 unspecified atom stereocenters. The van der Waals surface area contributed by atoms with Gasteiger partial charge in [-0.3, -0.25) is 4.79 Å². The maximum Gasteiger partial charge on any atom is 0.238 e. The summed E-state index contributed by atoms with van der Waals surface area (Å²) in [6.45, 7) is 3.71. The maximum atomic E-state index is 12.5. The molecule has 2 fully saturated rings. The standard InChI is InChI=1S/C11H18N2O2S2/c1-11(3-2-6-17-11)10(14)13-4-5-15-8(7-13)9(12)16/h8H,2-7H2,1H3,(H2,12,16). The van der Waals surface area contributed by atoms with E-state index >= 15 is 0 Å². The van der Waals surface area contributed by atoms with E-state index in [9.17, 15) is 4.79 Å². The first-order chi connectivity index (χ1) is 8.03. The first-order valence-electron chi connectivity index (χ1n) is 5.87. The molecule has 2 rings (SSSR count). The summed E-state index contributed by atoms with van der Waals surface area (Å²) in [7, 11) is 0. The van der Waals surface area contributed by atoms with Crippen LogP contribution in [-0.4, -0.2) is 52.1 Å². The zero-order chi connectivity index (χ0) is 12.5. The highest BCUT2D eigenvalue weighted by molar-refractivity contribution is 8.01. The molecule has 2 atom stereocenters. The van der Waals surface area contributed by atoms with E-state index in [-0.39, 0.29) is 16.8 Å². The highest BCUT2D eigenvalue weighted by atomic mass is 32.2. The van der Waals surface area contributed by atoms with Crippen molar-refractivity contribution in [2.45, 2.75) is 30.6 Å². The van der Waals surface area contributed by atoms with Crippen LogP contribution in [0.4, 0.5) is 0 Å². The minimum absolute atomic E-state index is 0.213. The highest BCUT2D eigenvalue weighted by Gasteiger charge is 2.41. The summed E-state index contributed by atoms with van der Waals surface area (Å²) >= 11 is 6.69. The van der Waals surface area contributed by atoms with Gasteiger partial charge < -0.3 is 15.4 Å². The van der Waals surface area contributed by atoms with Gasteiger partial charge in [-0.1, -0.05) is 12.2 Å². The van der Waals surface area contributed by atoms with Crippen molar-refractivity contribution in [3.05, 3.63) is 0 Å². The van der Waals surface area contributed by atoms with Gasteiger partial charge in [-0.15, -0.1) is 11.8 Å². The molecule has 2 aliphatic heterocycles. The Morgan fingerprint density at radius 1 is 1.65 bits per heavy atom. The van der Waals surface area contributed by atoms with Crippen molar-refractivity contribution >= 4 is 34.9 Å². The summed E-state index contributed by atoms with van der Waals surface area (Å²) in [6.07, 6.45) is 1.80. The second kappa shape index (κ2) is 5.12. The lowest BCUT2D eigenvalue weighted by molar-refractivity contribution is -0.138. The number of carbonyl (C=O) groups is 1. The zero-order valence-corrected chi connectivity index (χ0v) is 11.6. The Labute approximate surface area is 111 Å². The fourth-order valence-corrected chi connectivity index (χ4v) is 3.71. The molecule has 2 N–H and O–H groups in total. The number of amides is 1. The van der Waals surface area contributed by atoms with Crippen LogP contribution in [0.15, 0.2) is 0 Å². The third-order valence-corrected chi connectivity index (χ3v) is 5.11. The van der Waals surface area contributed by atoms with Crippen LogP contribution in [-0.2, 0) is 9.53 Å². The average Bonchev–Trinajstić information content (AvgIpc) is 2.76. The molecule has 0 aromatic heterocycles. The molecule has 0 aromatic carbocycles. The fraction of sp³-hybridized carbons (Fsp3) is 0.818. The van der Waals surface area contributed by atoms with Gasteiger partial charge in [0.2, 0.25) is 5.91 Å². The van der Waals surface area contributed by atoms with E-state index in [1.807, 2.05) is 11.8 Å². The monoisotopic (exact) mass is 274 g/mol. The summed E-state index contributed by atoms with van der Waals surface area (Å²) in [5.41, 5.74) is 5.58. The van der Waals surface area contributed by atoms with Gasteiger partial charge in [-0.25, -0.2) is 0 Å². The molecule has 0 saturated carbocycles. The number of hydrogen-bond acceptors (Lipinski definition) is 4. The second-order valence-electron chi connectivity index (χ2n) is 4.70. The van der Waals surface area contributed by atoms with Gasteiger partial charge >= 0.3 is 0 Å². The normalized spacial score (nSPS) is 33.7. The van der Waals surface area contributed by atoms with Crippen LogP contribution in [0.2, 0.25) is 0 Å². The summed E-state index contributed by atoms with van der Waals surface area (Å²) < 4.78 is 5.20. The fourth-order valence-electron chi connectivity index (χ4n) is 2.29. The quantitative estimate of drug-likeness (QED) is 0.754. The molecule has 0 aromatic rings. The van der Waals surface area contributed by atoms with Gasteiger partial charge in [0.1, 0.15) is 11.1 Å². The number of hydrogen-bond donors (Lipinski definition) is 1. The van der Waals surface area contributed by atoms with Crippen LogP contribution in [0.5, 0.6) is 0 Å². The van der Waals surface area contributed by atoms with Crippen molar-refractivity contribution < 1.29 is 9.53 Å². The van der Waals surface area contributed by atoms with Gasteiger partial charge in [0.05, 0.1) is 17.9 Å². The van der Waals surface area contributed by atoms with E-state index in [4.69, 9.17) is 22.7 Å². The largest absolute Gasteiger partial charge is 0.391 e. The SMILES string of the molecule is CC1(C(=O)N2CCOC(C(N)=S)C2)CCCS1. The zero-order valence-electron chi connectivity index (χ0n) is 9.98. The van der Waals surface area contributed by atoms with E-state index in [2.05, 4.69) is 0 Å². The first kappa shape index (κ1) is 13.1. The lowest BCUT2D eigenvalue weighted by Crippen LogP contribution is -2.54. The predicted molar refractivity (Wildman–Crippen MR) is 73.2 cm³/mol. The minimum Gasteiger partial charge on any atom is -0.391 e. The predicted octanol–water partition coefficient (Wildman–Crippen LogP) is 0.786. The molecule has 0 radical (unpaired) electrons. The Morgan fingerprint density at radius 3 is 3.00 bits per heavy atom. The number of nitrogens with two attached hydrogens (primary N) is 1. The highest BCUT2D eigenvalue weighted by Crippen LogP contribution is 2.39. The topological polar surface area (TPSA) is 55.6 Å². The average molecular weight is 274 g/mol. The molecule has 0 aliphatic carbocycles. The Bertz CT molecular complexity index is 329. The van der Waals surface area contributed by atoms with Crippen LogP contribution in [0.3, 0.4) is 0 Å². The lowest BCUT2D eigenvalue weighted by Gasteiger charge is -2.36. The third kappa shape index (κ3) is 2.74. The molecule has 17 heavy (non-hydrogen) atoms. The van der Waals surface area contributed by atoms with Gasteiger partial charge in [0.25, 0.3) is 0 Å². The molecule has 4 nitrogen and oxygen atoms in total. The van der Waals surface area contributed by atoms with Gasteiger partial charge in [-0.2, -0.15) is 0 Å². The second-order valence-corrected chi connectivity index (χ2v) is 6.77. The van der Waals surface area contributed by atoms with Crippen molar-refractivity contribution in [2.24, 2.45) is 5.73 Å². The molecule has 2 heterocycles.